The zero-order valence-corrected chi connectivity index (χ0v) is 11.9. The summed E-state index contributed by atoms with van der Waals surface area (Å²) in [5.74, 6) is -0.539. The van der Waals surface area contributed by atoms with Gasteiger partial charge in [0.1, 0.15) is 5.75 Å². The third kappa shape index (κ3) is 3.48. The van der Waals surface area contributed by atoms with Gasteiger partial charge in [0.05, 0.1) is 6.10 Å². The fraction of sp³-hybridized carbons (Fsp3) is 0.333. The Kier molecular flexibility index (Phi) is 4.49. The van der Waals surface area contributed by atoms with Gasteiger partial charge in [-0.15, -0.1) is 0 Å². The van der Waals surface area contributed by atoms with Crippen molar-refractivity contribution in [1.82, 2.24) is 0 Å². The summed E-state index contributed by atoms with van der Waals surface area (Å²) in [5.41, 5.74) is -5.54. The van der Waals surface area contributed by atoms with E-state index in [-0.39, 0.29) is 5.56 Å². The zero-order chi connectivity index (χ0) is 14.1. The summed E-state index contributed by atoms with van der Waals surface area (Å²) in [4.78, 5) is 0. The van der Waals surface area contributed by atoms with Crippen LogP contribution in [0.1, 0.15) is 18.6 Å². The molecule has 1 N–H and O–H groups in total. The number of hydrogen-bond donors (Lipinski definition) is 1. The van der Waals surface area contributed by atoms with Gasteiger partial charge in [-0.25, -0.2) is 0 Å². The fourth-order valence-electron chi connectivity index (χ4n) is 1.09. The molecule has 0 aliphatic heterocycles. The molecule has 1 aromatic carbocycles. The molecule has 18 heavy (non-hydrogen) atoms. The molecular formula is C9H8F3IO4S. The number of hydrogen-bond acceptors (Lipinski definition) is 4. The summed E-state index contributed by atoms with van der Waals surface area (Å²) >= 11 is 1.87. The molecule has 0 bridgehead atoms. The minimum Gasteiger partial charge on any atom is -0.389 e. The van der Waals surface area contributed by atoms with Crippen LogP contribution in [0.4, 0.5) is 13.2 Å². The maximum absolute atomic E-state index is 12.2. The molecule has 0 aliphatic rings. The van der Waals surface area contributed by atoms with Gasteiger partial charge in [0.2, 0.25) is 0 Å². The first-order chi connectivity index (χ1) is 8.04. The monoisotopic (exact) mass is 396 g/mol. The third-order valence-electron chi connectivity index (χ3n) is 1.90. The van der Waals surface area contributed by atoms with E-state index in [2.05, 4.69) is 4.18 Å². The van der Waals surface area contributed by atoms with E-state index in [9.17, 15) is 26.7 Å². The predicted octanol–water partition coefficient (Wildman–Crippen LogP) is 2.57. The number of alkyl halides is 3. The van der Waals surface area contributed by atoms with Crippen molar-refractivity contribution in [1.29, 1.82) is 0 Å². The molecule has 0 amide bonds. The first-order valence-electron chi connectivity index (χ1n) is 4.53. The molecule has 0 saturated heterocycles. The van der Waals surface area contributed by atoms with Crippen LogP contribution in [0.25, 0.3) is 0 Å². The summed E-state index contributed by atoms with van der Waals surface area (Å²) in [5, 5.41) is 9.37. The molecule has 0 fully saturated rings. The Bertz CT molecular complexity index is 539. The Labute approximate surface area is 115 Å². The number of aliphatic hydroxyl groups is 1. The van der Waals surface area contributed by atoms with Crippen molar-refractivity contribution < 1.29 is 30.9 Å². The smallest absolute Gasteiger partial charge is 0.389 e. The second-order valence-electron chi connectivity index (χ2n) is 3.34. The first kappa shape index (κ1) is 15.5. The van der Waals surface area contributed by atoms with Gasteiger partial charge in [0, 0.05) is 9.13 Å². The highest BCUT2D eigenvalue weighted by Crippen LogP contribution is 2.32. The van der Waals surface area contributed by atoms with Crippen LogP contribution in [0.2, 0.25) is 0 Å². The van der Waals surface area contributed by atoms with Gasteiger partial charge in [-0.1, -0.05) is 0 Å². The van der Waals surface area contributed by atoms with Gasteiger partial charge < -0.3 is 9.29 Å². The van der Waals surface area contributed by atoms with E-state index >= 15 is 0 Å². The Morgan fingerprint density at radius 2 is 1.94 bits per heavy atom. The van der Waals surface area contributed by atoms with Gasteiger partial charge in [0.25, 0.3) is 0 Å². The van der Waals surface area contributed by atoms with Crippen LogP contribution in [0.15, 0.2) is 18.2 Å². The number of rotatable bonds is 3. The van der Waals surface area contributed by atoms with Gasteiger partial charge in [-0.3, -0.25) is 0 Å². The van der Waals surface area contributed by atoms with Gasteiger partial charge >= 0.3 is 15.6 Å². The Balaban J connectivity index is 3.21. The van der Waals surface area contributed by atoms with Crippen LogP contribution >= 0.6 is 22.6 Å². The summed E-state index contributed by atoms with van der Waals surface area (Å²) in [6.45, 7) is 1.29. The van der Waals surface area contributed by atoms with E-state index in [0.717, 1.165) is 6.07 Å². The van der Waals surface area contributed by atoms with Crippen molar-refractivity contribution in [3.8, 4) is 5.75 Å². The number of aliphatic hydroxyl groups excluding tert-OH is 1. The maximum Gasteiger partial charge on any atom is 0.534 e. The highest BCUT2D eigenvalue weighted by atomic mass is 127. The van der Waals surface area contributed by atoms with Crippen LogP contribution in [0.5, 0.6) is 5.75 Å². The molecular weight excluding hydrogens is 388 g/mol. The molecule has 102 valence electrons. The zero-order valence-electron chi connectivity index (χ0n) is 8.90. The van der Waals surface area contributed by atoms with E-state index < -0.39 is 27.5 Å². The Morgan fingerprint density at radius 1 is 1.39 bits per heavy atom. The van der Waals surface area contributed by atoms with E-state index in [1.165, 1.54) is 19.1 Å². The summed E-state index contributed by atoms with van der Waals surface area (Å²) in [6, 6.07) is 3.77. The molecule has 0 radical (unpaired) electrons. The SMILES string of the molecule is C[C@H](O)c1cc(I)ccc1OS(=O)(=O)C(F)(F)F. The molecule has 9 heteroatoms. The van der Waals surface area contributed by atoms with Crippen LogP contribution in [-0.4, -0.2) is 19.0 Å². The summed E-state index contributed by atoms with van der Waals surface area (Å²) in [6.07, 6.45) is -1.15. The van der Waals surface area contributed by atoms with E-state index in [1.807, 2.05) is 22.6 Å². The van der Waals surface area contributed by atoms with Crippen molar-refractivity contribution in [3.05, 3.63) is 27.3 Å². The molecule has 0 heterocycles. The molecule has 0 saturated carbocycles. The van der Waals surface area contributed by atoms with Crippen molar-refractivity contribution in [2.24, 2.45) is 0 Å². The number of benzene rings is 1. The second kappa shape index (κ2) is 5.21. The molecule has 4 nitrogen and oxygen atoms in total. The van der Waals surface area contributed by atoms with Crippen molar-refractivity contribution in [2.75, 3.05) is 0 Å². The normalized spacial score (nSPS) is 14.3. The van der Waals surface area contributed by atoms with Crippen LogP contribution < -0.4 is 4.18 Å². The Morgan fingerprint density at radius 3 is 2.39 bits per heavy atom. The summed E-state index contributed by atoms with van der Waals surface area (Å²) in [7, 11) is -5.73. The average Bonchev–Trinajstić information content (AvgIpc) is 2.18. The van der Waals surface area contributed by atoms with Crippen molar-refractivity contribution in [2.45, 2.75) is 18.5 Å². The quantitative estimate of drug-likeness (QED) is 0.485. The van der Waals surface area contributed by atoms with Gasteiger partial charge in [-0.05, 0) is 47.7 Å². The molecule has 1 atom stereocenters. The fourth-order valence-corrected chi connectivity index (χ4v) is 2.09. The van der Waals surface area contributed by atoms with Crippen LogP contribution in [-0.2, 0) is 10.1 Å². The van der Waals surface area contributed by atoms with E-state index in [0.29, 0.717) is 3.57 Å². The minimum absolute atomic E-state index is 0.0327. The largest absolute Gasteiger partial charge is 0.534 e. The lowest BCUT2D eigenvalue weighted by Crippen LogP contribution is -2.28. The van der Waals surface area contributed by atoms with Gasteiger partial charge in [0.15, 0.2) is 0 Å². The van der Waals surface area contributed by atoms with Gasteiger partial charge in [-0.2, -0.15) is 21.6 Å². The third-order valence-corrected chi connectivity index (χ3v) is 3.54. The van der Waals surface area contributed by atoms with Crippen molar-refractivity contribution >= 4 is 32.7 Å². The minimum atomic E-state index is -5.73. The number of halogens is 4. The van der Waals surface area contributed by atoms with Crippen LogP contribution in [0.3, 0.4) is 0 Å². The lowest BCUT2D eigenvalue weighted by Gasteiger charge is -2.14. The van der Waals surface area contributed by atoms with E-state index in [1.54, 1.807) is 0 Å². The highest BCUT2D eigenvalue weighted by Gasteiger charge is 2.48. The lowest BCUT2D eigenvalue weighted by atomic mass is 10.1. The molecule has 1 rings (SSSR count). The molecule has 0 aliphatic carbocycles. The second-order valence-corrected chi connectivity index (χ2v) is 6.12. The average molecular weight is 396 g/mol. The first-order valence-corrected chi connectivity index (χ1v) is 7.01. The van der Waals surface area contributed by atoms with Crippen LogP contribution in [0, 0.1) is 3.57 Å². The molecule has 1 aromatic rings. The van der Waals surface area contributed by atoms with E-state index in [4.69, 9.17) is 0 Å². The molecule has 0 aromatic heterocycles. The Hall–Kier alpha value is -0.550. The van der Waals surface area contributed by atoms with Crippen molar-refractivity contribution in [3.63, 3.8) is 0 Å². The standard InChI is InChI=1S/C9H8F3IO4S/c1-5(14)7-4-6(13)2-3-8(7)17-18(15,16)9(10,11)12/h2-5,14H,1H3/t5-/m0/s1. The lowest BCUT2D eigenvalue weighted by molar-refractivity contribution is -0.0500. The summed E-state index contributed by atoms with van der Waals surface area (Å²) < 4.78 is 62.8. The highest BCUT2D eigenvalue weighted by molar-refractivity contribution is 14.1. The predicted molar refractivity (Wildman–Crippen MR) is 65.4 cm³/mol. The molecule has 0 spiro atoms. The maximum atomic E-state index is 12.2. The topological polar surface area (TPSA) is 63.6 Å². The molecule has 0 unspecified atom stereocenters.